The van der Waals surface area contributed by atoms with Gasteiger partial charge in [0, 0.05) is 17.1 Å². The molecule has 3 aromatic rings. The molecule has 1 amide bonds. The zero-order valence-corrected chi connectivity index (χ0v) is 12.6. The summed E-state index contributed by atoms with van der Waals surface area (Å²) in [6.45, 7) is 3.74. The highest BCUT2D eigenvalue weighted by molar-refractivity contribution is 6.06. The number of ether oxygens (including phenoxy) is 1. The average molecular weight is 296 g/mol. The van der Waals surface area contributed by atoms with Crippen molar-refractivity contribution in [3.8, 4) is 5.75 Å². The van der Waals surface area contributed by atoms with Gasteiger partial charge in [0.05, 0.1) is 7.11 Å². The van der Waals surface area contributed by atoms with Crippen molar-refractivity contribution in [2.45, 2.75) is 13.8 Å². The first-order chi connectivity index (χ1) is 10.6. The van der Waals surface area contributed by atoms with E-state index in [9.17, 15) is 4.79 Å². The normalized spacial score (nSPS) is 10.7. The number of rotatable bonds is 3. The minimum absolute atomic E-state index is 0.285. The molecule has 1 aromatic carbocycles. The number of methoxy groups -OCH3 is 1. The van der Waals surface area contributed by atoms with Crippen LogP contribution >= 0.6 is 0 Å². The smallest absolute Gasteiger partial charge is 0.292 e. The summed E-state index contributed by atoms with van der Waals surface area (Å²) in [5.41, 5.74) is 2.33. The Hall–Kier alpha value is -2.82. The summed E-state index contributed by atoms with van der Waals surface area (Å²) in [6, 6.07) is 9.17. The van der Waals surface area contributed by atoms with E-state index in [-0.39, 0.29) is 11.7 Å². The maximum Gasteiger partial charge on any atom is 0.292 e. The Labute approximate surface area is 127 Å². The van der Waals surface area contributed by atoms with Gasteiger partial charge >= 0.3 is 0 Å². The molecule has 112 valence electrons. The van der Waals surface area contributed by atoms with Crippen LogP contribution in [0.4, 0.5) is 5.82 Å². The molecule has 0 aliphatic heterocycles. The average Bonchev–Trinajstić information content (AvgIpc) is 2.86. The van der Waals surface area contributed by atoms with Gasteiger partial charge in [-0.15, -0.1) is 0 Å². The standard InChI is InChI=1S/C17H16N2O3/c1-10-5-4-8-18-16(10)19-17(20)15-11(2)13-9-12(21-3)6-7-14(13)22-15/h4-9H,1-3H3,(H,18,19,20). The quantitative estimate of drug-likeness (QED) is 0.800. The lowest BCUT2D eigenvalue weighted by molar-refractivity contribution is 0.0997. The highest BCUT2D eigenvalue weighted by Gasteiger charge is 2.19. The second kappa shape index (κ2) is 5.52. The summed E-state index contributed by atoms with van der Waals surface area (Å²) >= 11 is 0. The Morgan fingerprint density at radius 1 is 1.27 bits per heavy atom. The van der Waals surface area contributed by atoms with Crippen LogP contribution in [0, 0.1) is 13.8 Å². The van der Waals surface area contributed by atoms with Gasteiger partial charge in [-0.2, -0.15) is 0 Å². The van der Waals surface area contributed by atoms with E-state index in [4.69, 9.17) is 9.15 Å². The van der Waals surface area contributed by atoms with Crippen LogP contribution in [0.3, 0.4) is 0 Å². The number of hydrogen-bond donors (Lipinski definition) is 1. The minimum Gasteiger partial charge on any atom is -0.497 e. The van der Waals surface area contributed by atoms with Gasteiger partial charge in [-0.05, 0) is 43.7 Å². The third kappa shape index (κ3) is 2.41. The molecule has 0 radical (unpaired) electrons. The van der Waals surface area contributed by atoms with Crippen molar-refractivity contribution in [2.75, 3.05) is 12.4 Å². The van der Waals surface area contributed by atoms with Crippen LogP contribution in [0.5, 0.6) is 5.75 Å². The zero-order valence-electron chi connectivity index (χ0n) is 12.6. The number of furan rings is 1. The summed E-state index contributed by atoms with van der Waals surface area (Å²) in [7, 11) is 1.61. The Balaban J connectivity index is 1.97. The van der Waals surface area contributed by atoms with Crippen LogP contribution < -0.4 is 10.1 Å². The Morgan fingerprint density at radius 2 is 2.09 bits per heavy atom. The molecule has 2 heterocycles. The van der Waals surface area contributed by atoms with Crippen molar-refractivity contribution in [2.24, 2.45) is 0 Å². The van der Waals surface area contributed by atoms with Crippen LogP contribution in [0.15, 0.2) is 40.9 Å². The number of aromatic nitrogens is 1. The number of nitrogens with zero attached hydrogens (tertiary/aromatic N) is 1. The van der Waals surface area contributed by atoms with E-state index >= 15 is 0 Å². The molecule has 0 unspecified atom stereocenters. The molecule has 22 heavy (non-hydrogen) atoms. The lowest BCUT2D eigenvalue weighted by Gasteiger charge is -2.05. The van der Waals surface area contributed by atoms with E-state index in [0.717, 1.165) is 22.3 Å². The number of benzene rings is 1. The Kier molecular flexibility index (Phi) is 3.55. The number of carbonyl (C=O) groups is 1. The van der Waals surface area contributed by atoms with Crippen LogP contribution in [-0.2, 0) is 0 Å². The van der Waals surface area contributed by atoms with E-state index in [2.05, 4.69) is 10.3 Å². The maximum absolute atomic E-state index is 12.4. The van der Waals surface area contributed by atoms with Gasteiger partial charge in [-0.1, -0.05) is 6.07 Å². The van der Waals surface area contributed by atoms with Gasteiger partial charge < -0.3 is 14.5 Å². The summed E-state index contributed by atoms with van der Waals surface area (Å²) in [5, 5.41) is 3.65. The molecule has 0 aliphatic carbocycles. The second-order valence-electron chi connectivity index (χ2n) is 5.04. The van der Waals surface area contributed by atoms with Crippen molar-refractivity contribution in [1.82, 2.24) is 4.98 Å². The lowest BCUT2D eigenvalue weighted by atomic mass is 10.1. The van der Waals surface area contributed by atoms with E-state index in [1.54, 1.807) is 25.4 Å². The molecule has 0 saturated heterocycles. The van der Waals surface area contributed by atoms with Crippen LogP contribution in [0.2, 0.25) is 0 Å². The monoisotopic (exact) mass is 296 g/mol. The highest BCUT2D eigenvalue weighted by atomic mass is 16.5. The molecule has 0 fully saturated rings. The first kappa shape index (κ1) is 14.1. The molecule has 0 saturated carbocycles. The second-order valence-corrected chi connectivity index (χ2v) is 5.04. The molecule has 1 N–H and O–H groups in total. The topological polar surface area (TPSA) is 64.4 Å². The van der Waals surface area contributed by atoms with Crippen LogP contribution in [0.25, 0.3) is 11.0 Å². The molecule has 5 heteroatoms. The SMILES string of the molecule is COc1ccc2oc(C(=O)Nc3ncccc3C)c(C)c2c1. The number of pyridine rings is 1. The van der Waals surface area contributed by atoms with E-state index in [1.807, 2.05) is 32.0 Å². The summed E-state index contributed by atoms with van der Waals surface area (Å²) in [5.74, 6) is 1.23. The number of fused-ring (bicyclic) bond motifs is 1. The zero-order chi connectivity index (χ0) is 15.7. The molecule has 2 aromatic heterocycles. The van der Waals surface area contributed by atoms with E-state index in [0.29, 0.717) is 11.4 Å². The van der Waals surface area contributed by atoms with Crippen LogP contribution in [0.1, 0.15) is 21.7 Å². The van der Waals surface area contributed by atoms with Crippen molar-refractivity contribution in [1.29, 1.82) is 0 Å². The van der Waals surface area contributed by atoms with Crippen molar-refractivity contribution in [3.05, 3.63) is 53.4 Å². The Bertz CT molecular complexity index is 852. The number of amides is 1. The molecule has 0 bridgehead atoms. The van der Waals surface area contributed by atoms with Crippen molar-refractivity contribution in [3.63, 3.8) is 0 Å². The summed E-state index contributed by atoms with van der Waals surface area (Å²) < 4.78 is 10.9. The number of hydrogen-bond acceptors (Lipinski definition) is 4. The largest absolute Gasteiger partial charge is 0.497 e. The first-order valence-corrected chi connectivity index (χ1v) is 6.90. The molecule has 0 aliphatic rings. The highest BCUT2D eigenvalue weighted by Crippen LogP contribution is 2.29. The maximum atomic E-state index is 12.4. The van der Waals surface area contributed by atoms with Crippen LogP contribution in [-0.4, -0.2) is 18.0 Å². The van der Waals surface area contributed by atoms with Crippen molar-refractivity contribution >= 4 is 22.7 Å². The fourth-order valence-electron chi connectivity index (χ4n) is 2.32. The molecular formula is C17H16N2O3. The third-order valence-electron chi connectivity index (χ3n) is 3.59. The van der Waals surface area contributed by atoms with Gasteiger partial charge in [0.2, 0.25) is 0 Å². The molecular weight excluding hydrogens is 280 g/mol. The minimum atomic E-state index is -0.311. The predicted molar refractivity (Wildman–Crippen MR) is 84.4 cm³/mol. The number of carbonyl (C=O) groups excluding carboxylic acids is 1. The molecule has 3 rings (SSSR count). The first-order valence-electron chi connectivity index (χ1n) is 6.90. The fraction of sp³-hybridized carbons (Fsp3) is 0.176. The number of anilines is 1. The number of nitrogens with one attached hydrogen (secondary N) is 1. The Morgan fingerprint density at radius 3 is 2.82 bits per heavy atom. The summed E-state index contributed by atoms with van der Waals surface area (Å²) in [6.07, 6.45) is 1.64. The van der Waals surface area contributed by atoms with Gasteiger partial charge in [0.15, 0.2) is 5.76 Å². The summed E-state index contributed by atoms with van der Waals surface area (Å²) in [4.78, 5) is 16.6. The number of aryl methyl sites for hydroxylation is 2. The van der Waals surface area contributed by atoms with E-state index in [1.165, 1.54) is 0 Å². The third-order valence-corrected chi connectivity index (χ3v) is 3.59. The van der Waals surface area contributed by atoms with Gasteiger partial charge in [-0.3, -0.25) is 4.79 Å². The lowest BCUT2D eigenvalue weighted by Crippen LogP contribution is -2.14. The van der Waals surface area contributed by atoms with E-state index < -0.39 is 0 Å². The molecule has 0 atom stereocenters. The van der Waals surface area contributed by atoms with Gasteiger partial charge in [0.1, 0.15) is 17.2 Å². The molecule has 5 nitrogen and oxygen atoms in total. The van der Waals surface area contributed by atoms with Crippen molar-refractivity contribution < 1.29 is 13.9 Å². The predicted octanol–water partition coefficient (Wildman–Crippen LogP) is 3.71. The van der Waals surface area contributed by atoms with Gasteiger partial charge in [-0.25, -0.2) is 4.98 Å². The van der Waals surface area contributed by atoms with Gasteiger partial charge in [0.25, 0.3) is 5.91 Å². The molecule has 0 spiro atoms. The fourth-order valence-corrected chi connectivity index (χ4v) is 2.32.